The number of amides is 1. The number of nitrogens with two attached hydrogens (primary N) is 1. The van der Waals surface area contributed by atoms with E-state index < -0.39 is 12.7 Å². The van der Waals surface area contributed by atoms with Gasteiger partial charge in [0.15, 0.2) is 0 Å². The predicted molar refractivity (Wildman–Crippen MR) is 106 cm³/mol. The Morgan fingerprint density at radius 1 is 1.14 bits per heavy atom. The molecule has 1 aliphatic heterocycles. The number of hydrogen-bond acceptors (Lipinski definition) is 2. The van der Waals surface area contributed by atoms with E-state index in [1.807, 2.05) is 0 Å². The van der Waals surface area contributed by atoms with Gasteiger partial charge < -0.3 is 10.6 Å². The van der Waals surface area contributed by atoms with Crippen LogP contribution in [0.5, 0.6) is 0 Å². The van der Waals surface area contributed by atoms with E-state index in [1.165, 1.54) is 31.2 Å². The zero-order valence-electron chi connectivity index (χ0n) is 16.9. The highest BCUT2D eigenvalue weighted by atomic mass is 19.4. The number of piperidine rings is 1. The normalized spacial score (nSPS) is 25.0. The smallest absolute Gasteiger partial charge is 0.339 e. The zero-order valence-corrected chi connectivity index (χ0v) is 16.9. The summed E-state index contributed by atoms with van der Waals surface area (Å²) in [4.78, 5) is 14.9. The topological polar surface area (TPSA) is 46.3 Å². The van der Waals surface area contributed by atoms with Gasteiger partial charge in [-0.3, -0.25) is 4.79 Å². The average Bonchev–Trinajstić information content (AvgIpc) is 2.67. The second-order valence-electron chi connectivity index (χ2n) is 8.33. The first-order valence-corrected chi connectivity index (χ1v) is 10.3. The van der Waals surface area contributed by atoms with E-state index in [4.69, 9.17) is 0 Å². The molecule has 1 aliphatic carbocycles. The SMILES string of the molecule is CC(C)CC(=O)N1CCC(c2ccccc2)[C@H]2CCCCC21.NCC(F)(F)F. The van der Waals surface area contributed by atoms with Gasteiger partial charge in [-0.25, -0.2) is 0 Å². The molecule has 3 nitrogen and oxygen atoms in total. The number of carbonyl (C=O) groups excluding carboxylic acids is 1. The number of likely N-dealkylation sites (tertiary alicyclic amines) is 1. The van der Waals surface area contributed by atoms with Crippen molar-refractivity contribution in [1.29, 1.82) is 0 Å². The standard InChI is InChI=1S/C20H29NO.C2H4F3N/c1-15(2)14-20(22)21-13-12-17(16-8-4-3-5-9-16)18-10-6-7-11-19(18)21;3-2(4,5)1-6/h3-5,8-9,15,17-19H,6-7,10-14H2,1-2H3;1,6H2/t17?,18-,19?;/m1./s1. The third-order valence-corrected chi connectivity index (χ3v) is 5.74. The monoisotopic (exact) mass is 398 g/mol. The van der Waals surface area contributed by atoms with Crippen molar-refractivity contribution in [2.75, 3.05) is 13.1 Å². The Morgan fingerprint density at radius 3 is 2.32 bits per heavy atom. The molecule has 158 valence electrons. The molecule has 2 N–H and O–H groups in total. The Labute approximate surface area is 166 Å². The maximum absolute atomic E-state index is 12.6. The molecule has 0 spiro atoms. The quantitative estimate of drug-likeness (QED) is 0.769. The fraction of sp³-hybridized carbons (Fsp3) is 0.682. The van der Waals surface area contributed by atoms with E-state index in [9.17, 15) is 18.0 Å². The van der Waals surface area contributed by atoms with Crippen LogP contribution in [0.25, 0.3) is 0 Å². The van der Waals surface area contributed by atoms with Gasteiger partial charge in [0.05, 0.1) is 6.54 Å². The Hall–Kier alpha value is -1.56. The third-order valence-electron chi connectivity index (χ3n) is 5.74. The fourth-order valence-corrected chi connectivity index (χ4v) is 4.54. The first kappa shape index (κ1) is 22.7. The summed E-state index contributed by atoms with van der Waals surface area (Å²) in [6, 6.07) is 11.5. The van der Waals surface area contributed by atoms with Crippen molar-refractivity contribution in [3.8, 4) is 0 Å². The third kappa shape index (κ3) is 6.50. The highest BCUT2D eigenvalue weighted by Gasteiger charge is 2.41. The molecule has 0 aromatic heterocycles. The van der Waals surface area contributed by atoms with E-state index in [0.717, 1.165) is 13.0 Å². The Balaban J connectivity index is 0.000000409. The minimum atomic E-state index is -4.18. The Morgan fingerprint density at radius 2 is 1.75 bits per heavy atom. The molecule has 28 heavy (non-hydrogen) atoms. The molecule has 1 heterocycles. The van der Waals surface area contributed by atoms with E-state index in [2.05, 4.69) is 54.8 Å². The van der Waals surface area contributed by atoms with Crippen molar-refractivity contribution in [3.05, 3.63) is 35.9 Å². The molecule has 3 atom stereocenters. The van der Waals surface area contributed by atoms with Crippen LogP contribution in [0.2, 0.25) is 0 Å². The number of alkyl halides is 3. The van der Waals surface area contributed by atoms with Crippen LogP contribution in [0, 0.1) is 11.8 Å². The maximum atomic E-state index is 12.6. The van der Waals surface area contributed by atoms with Gasteiger partial charge >= 0.3 is 6.18 Å². The van der Waals surface area contributed by atoms with E-state index in [0.29, 0.717) is 36.1 Å². The van der Waals surface area contributed by atoms with Gasteiger partial charge in [-0.1, -0.05) is 57.0 Å². The summed E-state index contributed by atoms with van der Waals surface area (Å²) in [5.41, 5.74) is 5.66. The number of hydrogen-bond donors (Lipinski definition) is 1. The number of carbonyl (C=O) groups is 1. The summed E-state index contributed by atoms with van der Waals surface area (Å²) in [5, 5.41) is 0. The minimum Gasteiger partial charge on any atom is -0.339 e. The van der Waals surface area contributed by atoms with Crippen molar-refractivity contribution >= 4 is 5.91 Å². The molecule has 1 amide bonds. The fourth-order valence-electron chi connectivity index (χ4n) is 4.54. The molecule has 0 radical (unpaired) electrons. The molecule has 1 saturated carbocycles. The molecule has 2 unspecified atom stereocenters. The lowest BCUT2D eigenvalue weighted by Crippen LogP contribution is -2.52. The number of nitrogens with zero attached hydrogens (tertiary/aromatic N) is 1. The molecular weight excluding hydrogens is 365 g/mol. The van der Waals surface area contributed by atoms with Crippen molar-refractivity contribution in [1.82, 2.24) is 4.90 Å². The van der Waals surface area contributed by atoms with Gasteiger partial charge in [0, 0.05) is 19.0 Å². The van der Waals surface area contributed by atoms with Gasteiger partial charge in [-0.05, 0) is 42.6 Å². The van der Waals surface area contributed by atoms with Gasteiger partial charge in [0.1, 0.15) is 0 Å². The molecular formula is C22H33F3N2O. The van der Waals surface area contributed by atoms with Gasteiger partial charge in [0.2, 0.25) is 5.91 Å². The average molecular weight is 399 g/mol. The first-order valence-electron chi connectivity index (χ1n) is 10.3. The van der Waals surface area contributed by atoms with Crippen LogP contribution >= 0.6 is 0 Å². The van der Waals surface area contributed by atoms with Crippen molar-refractivity contribution in [3.63, 3.8) is 0 Å². The van der Waals surface area contributed by atoms with Crippen molar-refractivity contribution in [2.45, 2.75) is 70.5 Å². The first-order chi connectivity index (χ1) is 13.2. The van der Waals surface area contributed by atoms with Crippen LogP contribution < -0.4 is 5.73 Å². The van der Waals surface area contributed by atoms with E-state index in [1.54, 1.807) is 0 Å². The van der Waals surface area contributed by atoms with Crippen LogP contribution in [0.1, 0.15) is 63.9 Å². The van der Waals surface area contributed by atoms with Crippen LogP contribution in [0.3, 0.4) is 0 Å². The van der Waals surface area contributed by atoms with E-state index in [-0.39, 0.29) is 0 Å². The highest BCUT2D eigenvalue weighted by molar-refractivity contribution is 5.77. The zero-order chi connectivity index (χ0) is 20.7. The van der Waals surface area contributed by atoms with E-state index >= 15 is 0 Å². The molecule has 0 bridgehead atoms. The highest BCUT2D eigenvalue weighted by Crippen LogP contribution is 2.44. The predicted octanol–water partition coefficient (Wildman–Crippen LogP) is 5.11. The van der Waals surface area contributed by atoms with Crippen LogP contribution in [0.15, 0.2) is 30.3 Å². The lowest BCUT2D eigenvalue weighted by atomic mass is 9.69. The summed E-state index contributed by atoms with van der Waals surface area (Å²) in [6.07, 6.45) is 2.77. The molecule has 1 aromatic carbocycles. The number of benzene rings is 1. The summed E-state index contributed by atoms with van der Waals surface area (Å²) in [7, 11) is 0. The molecule has 2 fully saturated rings. The summed E-state index contributed by atoms with van der Waals surface area (Å²) in [6.45, 7) is 4.01. The summed E-state index contributed by atoms with van der Waals surface area (Å²) >= 11 is 0. The largest absolute Gasteiger partial charge is 0.400 e. The molecule has 3 rings (SSSR count). The Bertz CT molecular complexity index is 604. The van der Waals surface area contributed by atoms with Gasteiger partial charge in [0.25, 0.3) is 0 Å². The molecule has 1 aromatic rings. The van der Waals surface area contributed by atoms with Crippen molar-refractivity contribution in [2.24, 2.45) is 17.6 Å². The van der Waals surface area contributed by atoms with Gasteiger partial charge in [-0.2, -0.15) is 13.2 Å². The molecule has 6 heteroatoms. The molecule has 2 aliphatic rings. The van der Waals surface area contributed by atoms with Gasteiger partial charge in [-0.15, -0.1) is 0 Å². The minimum absolute atomic E-state index is 0.387. The van der Waals surface area contributed by atoms with Crippen LogP contribution in [-0.4, -0.2) is 36.1 Å². The summed E-state index contributed by atoms with van der Waals surface area (Å²) in [5.74, 6) is 2.16. The second kappa shape index (κ2) is 10.3. The lowest BCUT2D eigenvalue weighted by molar-refractivity contribution is -0.139. The second-order valence-corrected chi connectivity index (χ2v) is 8.33. The van der Waals surface area contributed by atoms with Crippen molar-refractivity contribution < 1.29 is 18.0 Å². The van der Waals surface area contributed by atoms with Crippen LogP contribution in [-0.2, 0) is 4.79 Å². The molecule has 1 saturated heterocycles. The van der Waals surface area contributed by atoms with Crippen LogP contribution in [0.4, 0.5) is 13.2 Å². The lowest BCUT2D eigenvalue weighted by Gasteiger charge is -2.48. The number of fused-ring (bicyclic) bond motifs is 1. The maximum Gasteiger partial charge on any atom is 0.400 e. The summed E-state index contributed by atoms with van der Waals surface area (Å²) < 4.78 is 32.0. The number of halogens is 3. The Kier molecular flexibility index (Phi) is 8.35. The number of rotatable bonds is 3.